The second kappa shape index (κ2) is 8.75. The Morgan fingerprint density at radius 2 is 2.00 bits per heavy atom. The van der Waals surface area contributed by atoms with E-state index in [0.717, 1.165) is 42.5 Å². The first-order valence-corrected chi connectivity index (χ1v) is 10.0. The van der Waals surface area contributed by atoms with Crippen molar-refractivity contribution in [3.63, 3.8) is 0 Å². The van der Waals surface area contributed by atoms with Crippen molar-refractivity contribution in [3.8, 4) is 6.07 Å². The highest BCUT2D eigenvalue weighted by Gasteiger charge is 2.21. The van der Waals surface area contributed by atoms with Gasteiger partial charge in [0.1, 0.15) is 11.1 Å². The van der Waals surface area contributed by atoms with Crippen molar-refractivity contribution in [2.45, 2.75) is 32.1 Å². The molecule has 1 aromatic carbocycles. The van der Waals surface area contributed by atoms with Crippen LogP contribution in [0.15, 0.2) is 18.2 Å². The van der Waals surface area contributed by atoms with Crippen molar-refractivity contribution < 1.29 is 14.3 Å². The van der Waals surface area contributed by atoms with E-state index < -0.39 is 18.5 Å². The van der Waals surface area contributed by atoms with E-state index in [1.54, 1.807) is 6.07 Å². The third-order valence-corrected chi connectivity index (χ3v) is 6.04. The predicted molar refractivity (Wildman–Crippen MR) is 106 cm³/mol. The fourth-order valence-corrected chi connectivity index (χ4v) is 4.60. The van der Waals surface area contributed by atoms with E-state index in [1.807, 2.05) is 0 Å². The summed E-state index contributed by atoms with van der Waals surface area (Å²) in [6, 6.07) is 6.62. The lowest BCUT2D eigenvalue weighted by molar-refractivity contribution is -0.119. The highest BCUT2D eigenvalue weighted by atomic mass is 35.5. The Kier molecular flexibility index (Phi) is 6.38. The van der Waals surface area contributed by atoms with E-state index in [0.29, 0.717) is 15.6 Å². The second-order valence-electron chi connectivity index (χ2n) is 6.13. The summed E-state index contributed by atoms with van der Waals surface area (Å²) in [6.07, 6.45) is 5.06. The van der Waals surface area contributed by atoms with Gasteiger partial charge in [-0.25, -0.2) is 4.79 Å². The number of hydrogen-bond donors (Lipinski definition) is 1. The highest BCUT2D eigenvalue weighted by Crippen LogP contribution is 2.36. The number of aryl methyl sites for hydroxylation is 1. The molecule has 27 heavy (non-hydrogen) atoms. The minimum Gasteiger partial charge on any atom is -0.452 e. The molecule has 0 spiro atoms. The minimum atomic E-state index is -0.736. The van der Waals surface area contributed by atoms with Crippen LogP contribution in [0.4, 0.5) is 5.00 Å². The molecule has 1 aromatic heterocycles. The zero-order valence-corrected chi connectivity index (χ0v) is 16.6. The molecule has 140 valence electrons. The number of hydrogen-bond acceptors (Lipinski definition) is 5. The van der Waals surface area contributed by atoms with Crippen molar-refractivity contribution in [3.05, 3.63) is 49.8 Å². The summed E-state index contributed by atoms with van der Waals surface area (Å²) in [5.41, 5.74) is 1.66. The number of halogens is 2. The fourth-order valence-electron chi connectivity index (χ4n) is 2.97. The van der Waals surface area contributed by atoms with Crippen LogP contribution in [-0.4, -0.2) is 18.5 Å². The summed E-state index contributed by atoms with van der Waals surface area (Å²) >= 11 is 13.2. The monoisotopic (exact) mass is 422 g/mol. The molecular formula is C19H16Cl2N2O3S. The van der Waals surface area contributed by atoms with Gasteiger partial charge in [-0.15, -0.1) is 11.3 Å². The molecule has 1 aliphatic rings. The van der Waals surface area contributed by atoms with Crippen LogP contribution >= 0.6 is 34.5 Å². The SMILES string of the molecule is N#Cc1c(NC(=O)COC(=O)c2cc(Cl)ccc2Cl)sc2c1CCCCC2. The van der Waals surface area contributed by atoms with Crippen LogP contribution < -0.4 is 5.32 Å². The fraction of sp³-hybridized carbons (Fsp3) is 0.316. The van der Waals surface area contributed by atoms with Crippen molar-refractivity contribution in [1.29, 1.82) is 5.26 Å². The summed E-state index contributed by atoms with van der Waals surface area (Å²) in [5, 5.41) is 13.2. The third kappa shape index (κ3) is 4.62. The smallest absolute Gasteiger partial charge is 0.340 e. The Labute approximate surface area is 170 Å². The average Bonchev–Trinajstić information content (AvgIpc) is 2.81. The van der Waals surface area contributed by atoms with Crippen LogP contribution in [0.25, 0.3) is 0 Å². The molecule has 0 unspecified atom stereocenters. The number of ether oxygens (including phenoxy) is 1. The molecule has 0 saturated carbocycles. The zero-order valence-electron chi connectivity index (χ0n) is 14.3. The van der Waals surface area contributed by atoms with E-state index in [9.17, 15) is 14.9 Å². The normalized spacial score (nSPS) is 13.2. The number of fused-ring (bicyclic) bond motifs is 1. The van der Waals surface area contributed by atoms with Gasteiger partial charge >= 0.3 is 5.97 Å². The van der Waals surface area contributed by atoms with E-state index >= 15 is 0 Å². The molecule has 8 heteroatoms. The molecule has 0 radical (unpaired) electrons. The lowest BCUT2D eigenvalue weighted by Gasteiger charge is -2.07. The van der Waals surface area contributed by atoms with Crippen LogP contribution in [0.3, 0.4) is 0 Å². The molecule has 3 rings (SSSR count). The van der Waals surface area contributed by atoms with Gasteiger partial charge in [0, 0.05) is 9.90 Å². The first-order chi connectivity index (χ1) is 13.0. The van der Waals surface area contributed by atoms with Gasteiger partial charge in [-0.3, -0.25) is 4.79 Å². The summed E-state index contributed by atoms with van der Waals surface area (Å²) in [7, 11) is 0. The summed E-state index contributed by atoms with van der Waals surface area (Å²) in [6.45, 7) is -0.477. The molecule has 1 amide bonds. The molecule has 0 aliphatic heterocycles. The summed E-state index contributed by atoms with van der Waals surface area (Å²) in [5.74, 6) is -1.24. The van der Waals surface area contributed by atoms with Gasteiger partial charge < -0.3 is 10.1 Å². The molecule has 1 N–H and O–H groups in total. The van der Waals surface area contributed by atoms with Crippen LogP contribution in [0.5, 0.6) is 0 Å². The number of anilines is 1. The maximum absolute atomic E-state index is 12.2. The van der Waals surface area contributed by atoms with Crippen LogP contribution in [0, 0.1) is 11.3 Å². The topological polar surface area (TPSA) is 79.2 Å². The molecular weight excluding hydrogens is 407 g/mol. The number of nitrogens with one attached hydrogen (secondary N) is 1. The number of rotatable bonds is 4. The molecule has 0 saturated heterocycles. The van der Waals surface area contributed by atoms with Gasteiger partial charge in [-0.05, 0) is 49.4 Å². The Bertz CT molecular complexity index is 934. The summed E-state index contributed by atoms with van der Waals surface area (Å²) in [4.78, 5) is 25.5. The molecule has 0 fully saturated rings. The van der Waals surface area contributed by atoms with Gasteiger partial charge in [0.05, 0.1) is 16.1 Å². The number of thiophene rings is 1. The largest absolute Gasteiger partial charge is 0.452 e. The molecule has 2 aromatic rings. The zero-order chi connectivity index (χ0) is 19.4. The standard InChI is InChI=1S/C19H16Cl2N2O3S/c20-11-6-7-15(21)13(8-11)19(25)26-10-17(24)23-18-14(9-22)12-4-2-1-3-5-16(12)27-18/h6-8H,1-5,10H2,(H,23,24). The Morgan fingerprint density at radius 3 is 2.78 bits per heavy atom. The average molecular weight is 423 g/mol. The number of esters is 1. The number of nitrogens with zero attached hydrogens (tertiary/aromatic N) is 1. The number of amides is 1. The van der Waals surface area contributed by atoms with E-state index in [1.165, 1.54) is 23.5 Å². The van der Waals surface area contributed by atoms with Crippen LogP contribution in [0.2, 0.25) is 10.0 Å². The first-order valence-electron chi connectivity index (χ1n) is 8.46. The van der Waals surface area contributed by atoms with Gasteiger partial charge in [-0.2, -0.15) is 5.26 Å². The number of nitriles is 1. The van der Waals surface area contributed by atoms with Gasteiger partial charge in [0.15, 0.2) is 6.61 Å². The van der Waals surface area contributed by atoms with Crippen LogP contribution in [0.1, 0.15) is 45.6 Å². The molecule has 1 heterocycles. The van der Waals surface area contributed by atoms with Crippen molar-refractivity contribution in [2.24, 2.45) is 0 Å². The lowest BCUT2D eigenvalue weighted by atomic mass is 10.1. The van der Waals surface area contributed by atoms with Gasteiger partial charge in [0.25, 0.3) is 5.91 Å². The molecule has 0 atom stereocenters. The quantitative estimate of drug-likeness (QED) is 0.555. The van der Waals surface area contributed by atoms with Crippen LogP contribution in [-0.2, 0) is 22.4 Å². The second-order valence-corrected chi connectivity index (χ2v) is 8.08. The van der Waals surface area contributed by atoms with E-state index in [-0.39, 0.29) is 10.6 Å². The Hall–Kier alpha value is -2.07. The van der Waals surface area contributed by atoms with E-state index in [4.69, 9.17) is 27.9 Å². The van der Waals surface area contributed by atoms with Crippen molar-refractivity contribution in [1.82, 2.24) is 0 Å². The molecule has 1 aliphatic carbocycles. The maximum atomic E-state index is 12.2. The van der Waals surface area contributed by atoms with Gasteiger partial charge in [-0.1, -0.05) is 29.6 Å². The van der Waals surface area contributed by atoms with Crippen molar-refractivity contribution in [2.75, 3.05) is 11.9 Å². The predicted octanol–water partition coefficient (Wildman–Crippen LogP) is 4.99. The summed E-state index contributed by atoms with van der Waals surface area (Å²) < 4.78 is 5.02. The van der Waals surface area contributed by atoms with E-state index in [2.05, 4.69) is 11.4 Å². The molecule has 0 bridgehead atoms. The Morgan fingerprint density at radius 1 is 1.22 bits per heavy atom. The number of carbonyl (C=O) groups excluding carboxylic acids is 2. The van der Waals surface area contributed by atoms with Crippen molar-refractivity contribution >= 4 is 51.4 Å². The third-order valence-electron chi connectivity index (χ3n) is 4.27. The highest BCUT2D eigenvalue weighted by molar-refractivity contribution is 7.16. The lowest BCUT2D eigenvalue weighted by Crippen LogP contribution is -2.21. The number of carbonyl (C=O) groups is 2. The maximum Gasteiger partial charge on any atom is 0.340 e. The minimum absolute atomic E-state index is 0.0949. The van der Waals surface area contributed by atoms with Gasteiger partial charge in [0.2, 0.25) is 0 Å². The first kappa shape index (κ1) is 19.7. The Balaban J connectivity index is 1.65. The number of benzene rings is 1. The molecule has 5 nitrogen and oxygen atoms in total.